The second-order valence-electron chi connectivity index (χ2n) is 5.59. The molecule has 4 heteroatoms. The van der Waals surface area contributed by atoms with Crippen molar-refractivity contribution < 1.29 is 19.3 Å². The highest BCUT2D eigenvalue weighted by Gasteiger charge is 2.25. The Morgan fingerprint density at radius 1 is 1.15 bits per heavy atom. The molecule has 0 bridgehead atoms. The summed E-state index contributed by atoms with van der Waals surface area (Å²) in [7, 11) is 0. The maximum atomic E-state index is 11.5. The summed E-state index contributed by atoms with van der Waals surface area (Å²) in [6.07, 6.45) is 0. The van der Waals surface area contributed by atoms with Crippen molar-refractivity contribution in [2.75, 3.05) is 39.3 Å². The first-order chi connectivity index (χ1) is 9.69. The van der Waals surface area contributed by atoms with Gasteiger partial charge < -0.3 is 14.5 Å². The molecule has 1 aromatic rings. The minimum absolute atomic E-state index is 0.0650. The van der Waals surface area contributed by atoms with Gasteiger partial charge in [-0.2, -0.15) is 0 Å². The number of carbonyl (C=O) groups excluding carboxylic acids is 1. The van der Waals surface area contributed by atoms with E-state index in [0.29, 0.717) is 13.2 Å². The summed E-state index contributed by atoms with van der Waals surface area (Å²) < 4.78 is 5.02. The number of rotatable bonds is 5. The van der Waals surface area contributed by atoms with E-state index in [1.165, 1.54) is 16.0 Å². The molecular weight excluding hydrogens is 252 g/mol. The van der Waals surface area contributed by atoms with Crippen molar-refractivity contribution in [3.05, 3.63) is 35.4 Å². The Hall–Kier alpha value is -1.39. The molecule has 20 heavy (non-hydrogen) atoms. The fourth-order valence-electron chi connectivity index (χ4n) is 2.80. The Morgan fingerprint density at radius 2 is 1.80 bits per heavy atom. The van der Waals surface area contributed by atoms with Crippen LogP contribution >= 0.6 is 0 Å². The molecule has 1 heterocycles. The Bertz CT molecular complexity index is 440. The zero-order chi connectivity index (χ0) is 14.4. The van der Waals surface area contributed by atoms with Gasteiger partial charge in [-0.1, -0.05) is 24.3 Å². The van der Waals surface area contributed by atoms with E-state index in [0.717, 1.165) is 32.7 Å². The van der Waals surface area contributed by atoms with Gasteiger partial charge in [-0.05, 0) is 19.4 Å². The minimum atomic E-state index is -0.0650. The molecule has 0 atom stereocenters. The second-order valence-corrected chi connectivity index (χ2v) is 5.59. The van der Waals surface area contributed by atoms with Gasteiger partial charge in [-0.15, -0.1) is 0 Å². The molecule has 1 saturated heterocycles. The van der Waals surface area contributed by atoms with Gasteiger partial charge in [0.1, 0.15) is 32.7 Å². The predicted molar refractivity (Wildman–Crippen MR) is 77.8 cm³/mol. The van der Waals surface area contributed by atoms with E-state index in [9.17, 15) is 4.79 Å². The summed E-state index contributed by atoms with van der Waals surface area (Å²) in [6, 6.07) is 8.61. The third-order valence-electron chi connectivity index (χ3n) is 4.07. The predicted octanol–water partition coefficient (Wildman–Crippen LogP) is -1.16. The van der Waals surface area contributed by atoms with E-state index in [1.807, 2.05) is 6.92 Å². The maximum absolute atomic E-state index is 11.5. The molecule has 1 aliphatic rings. The highest BCUT2D eigenvalue weighted by atomic mass is 16.5. The normalized spacial score (nSPS) is 22.5. The number of piperazine rings is 1. The number of ether oxygens (including phenoxy) is 1. The Morgan fingerprint density at radius 3 is 2.45 bits per heavy atom. The summed E-state index contributed by atoms with van der Waals surface area (Å²) in [4.78, 5) is 14.5. The molecule has 110 valence electrons. The molecule has 0 aromatic heterocycles. The van der Waals surface area contributed by atoms with Crippen molar-refractivity contribution in [1.82, 2.24) is 0 Å². The first-order valence-corrected chi connectivity index (χ1v) is 7.56. The Kier molecular flexibility index (Phi) is 5.56. The van der Waals surface area contributed by atoms with E-state index in [4.69, 9.17) is 4.74 Å². The summed E-state index contributed by atoms with van der Waals surface area (Å²) in [6.45, 7) is 10.5. The average Bonchev–Trinajstić information content (AvgIpc) is 2.44. The van der Waals surface area contributed by atoms with Gasteiger partial charge in [0.25, 0.3) is 0 Å². The molecule has 0 amide bonds. The van der Waals surface area contributed by atoms with Crippen LogP contribution in [0.5, 0.6) is 0 Å². The number of hydrogen-bond acceptors (Lipinski definition) is 2. The van der Waals surface area contributed by atoms with Crippen LogP contribution in [0.2, 0.25) is 0 Å². The summed E-state index contributed by atoms with van der Waals surface area (Å²) >= 11 is 0. The summed E-state index contributed by atoms with van der Waals surface area (Å²) in [5.41, 5.74) is 2.82. The van der Waals surface area contributed by atoms with Gasteiger partial charge in [0.15, 0.2) is 6.54 Å². The number of benzene rings is 1. The molecule has 1 aromatic carbocycles. The van der Waals surface area contributed by atoms with Gasteiger partial charge in [0, 0.05) is 5.56 Å². The molecule has 0 unspecified atom stereocenters. The van der Waals surface area contributed by atoms with E-state index in [1.54, 1.807) is 4.90 Å². The Labute approximate surface area is 121 Å². The zero-order valence-electron chi connectivity index (χ0n) is 12.6. The van der Waals surface area contributed by atoms with Crippen LogP contribution in [0.3, 0.4) is 0 Å². The largest absolute Gasteiger partial charge is 0.462 e. The first-order valence-electron chi connectivity index (χ1n) is 7.56. The number of hydrogen-bond donors (Lipinski definition) is 2. The number of aryl methyl sites for hydroxylation is 1. The topological polar surface area (TPSA) is 35.2 Å². The van der Waals surface area contributed by atoms with E-state index in [2.05, 4.69) is 31.2 Å². The van der Waals surface area contributed by atoms with Crippen LogP contribution in [0.1, 0.15) is 18.1 Å². The number of esters is 1. The lowest BCUT2D eigenvalue weighted by Crippen LogP contribution is -3.27. The number of carbonyl (C=O) groups is 1. The van der Waals surface area contributed by atoms with Crippen molar-refractivity contribution in [3.63, 3.8) is 0 Å². The lowest BCUT2D eigenvalue weighted by molar-refractivity contribution is -1.02. The third-order valence-corrected chi connectivity index (χ3v) is 4.07. The van der Waals surface area contributed by atoms with Gasteiger partial charge in [0.05, 0.1) is 6.61 Å². The lowest BCUT2D eigenvalue weighted by Gasteiger charge is -2.29. The average molecular weight is 278 g/mol. The van der Waals surface area contributed by atoms with Crippen LogP contribution < -0.4 is 9.80 Å². The van der Waals surface area contributed by atoms with Gasteiger partial charge >= 0.3 is 5.97 Å². The van der Waals surface area contributed by atoms with Gasteiger partial charge in [-0.25, -0.2) is 4.79 Å². The molecule has 0 spiro atoms. The van der Waals surface area contributed by atoms with Crippen LogP contribution in [0.15, 0.2) is 24.3 Å². The SMILES string of the molecule is CCOC(=O)C[NH+]1CC[NH+](Cc2ccccc2C)CC1. The smallest absolute Gasteiger partial charge is 0.361 e. The lowest BCUT2D eigenvalue weighted by atomic mass is 10.1. The minimum Gasteiger partial charge on any atom is -0.462 e. The van der Waals surface area contributed by atoms with Crippen LogP contribution in [0.25, 0.3) is 0 Å². The number of quaternary nitrogens is 2. The van der Waals surface area contributed by atoms with Crippen molar-refractivity contribution in [1.29, 1.82) is 0 Å². The van der Waals surface area contributed by atoms with Crippen LogP contribution in [0.4, 0.5) is 0 Å². The van der Waals surface area contributed by atoms with Crippen molar-refractivity contribution in [2.45, 2.75) is 20.4 Å². The highest BCUT2D eigenvalue weighted by Crippen LogP contribution is 2.04. The molecule has 1 aliphatic heterocycles. The number of nitrogens with one attached hydrogen (secondary N) is 2. The van der Waals surface area contributed by atoms with Crippen molar-refractivity contribution in [3.8, 4) is 0 Å². The molecule has 0 saturated carbocycles. The van der Waals surface area contributed by atoms with Crippen molar-refractivity contribution in [2.24, 2.45) is 0 Å². The van der Waals surface area contributed by atoms with E-state index >= 15 is 0 Å². The van der Waals surface area contributed by atoms with Crippen molar-refractivity contribution >= 4 is 5.97 Å². The standard InChI is InChI=1S/C16H24N2O2/c1-3-20-16(19)13-18-10-8-17(9-11-18)12-15-7-5-4-6-14(15)2/h4-7H,3,8-13H2,1-2H3/p+2. The summed E-state index contributed by atoms with van der Waals surface area (Å²) in [5.74, 6) is -0.0650. The first kappa shape index (κ1) is 15.0. The van der Waals surface area contributed by atoms with Gasteiger partial charge in [0.2, 0.25) is 0 Å². The third kappa shape index (κ3) is 4.32. The fraction of sp³-hybridized carbons (Fsp3) is 0.562. The molecular formula is C16H26N2O2+2. The maximum Gasteiger partial charge on any atom is 0.361 e. The molecule has 0 aliphatic carbocycles. The van der Waals surface area contributed by atoms with Crippen LogP contribution in [0, 0.1) is 6.92 Å². The Balaban J connectivity index is 1.77. The van der Waals surface area contributed by atoms with E-state index in [-0.39, 0.29) is 5.97 Å². The van der Waals surface area contributed by atoms with Crippen LogP contribution in [-0.2, 0) is 16.1 Å². The monoisotopic (exact) mass is 278 g/mol. The molecule has 2 rings (SSSR count). The van der Waals surface area contributed by atoms with E-state index < -0.39 is 0 Å². The molecule has 1 fully saturated rings. The quantitative estimate of drug-likeness (QED) is 0.667. The molecule has 0 radical (unpaired) electrons. The summed E-state index contributed by atoms with van der Waals surface area (Å²) in [5, 5.41) is 0. The van der Waals surface area contributed by atoms with Gasteiger partial charge in [-0.3, -0.25) is 0 Å². The zero-order valence-corrected chi connectivity index (χ0v) is 12.6. The second kappa shape index (κ2) is 7.41. The van der Waals surface area contributed by atoms with Crippen LogP contribution in [-0.4, -0.2) is 45.3 Å². The molecule has 4 nitrogen and oxygen atoms in total. The highest BCUT2D eigenvalue weighted by molar-refractivity contribution is 5.70. The molecule has 2 N–H and O–H groups in total. The fourth-order valence-corrected chi connectivity index (χ4v) is 2.80.